The SMILES string of the molecule is CS(=O)(=O)N(CC(=O)NCCc1ccc(Cl)cc1)c1ccc(Cl)c(C(F)(F)F)c1. The van der Waals surface area contributed by atoms with Crippen molar-refractivity contribution in [1.82, 2.24) is 5.32 Å². The molecule has 0 saturated heterocycles. The predicted octanol–water partition coefficient (Wildman–Crippen LogP) is 4.14. The highest BCUT2D eigenvalue weighted by Crippen LogP contribution is 2.37. The molecule has 158 valence electrons. The molecule has 0 bridgehead atoms. The number of halogens is 5. The first kappa shape index (κ1) is 23.3. The Kier molecular flexibility index (Phi) is 7.42. The van der Waals surface area contributed by atoms with Crippen LogP contribution in [0, 0.1) is 0 Å². The summed E-state index contributed by atoms with van der Waals surface area (Å²) in [5.41, 5.74) is -0.590. The number of sulfonamides is 1. The summed E-state index contributed by atoms with van der Waals surface area (Å²) in [6.07, 6.45) is -3.49. The molecule has 1 N–H and O–H groups in total. The monoisotopic (exact) mass is 468 g/mol. The number of anilines is 1. The van der Waals surface area contributed by atoms with Crippen molar-refractivity contribution in [2.75, 3.05) is 23.7 Å². The van der Waals surface area contributed by atoms with E-state index >= 15 is 0 Å². The summed E-state index contributed by atoms with van der Waals surface area (Å²) < 4.78 is 63.9. The van der Waals surface area contributed by atoms with Crippen LogP contribution in [-0.4, -0.2) is 33.7 Å². The zero-order valence-electron chi connectivity index (χ0n) is 15.1. The van der Waals surface area contributed by atoms with Crippen LogP contribution in [0.5, 0.6) is 0 Å². The molecule has 2 aromatic rings. The van der Waals surface area contributed by atoms with E-state index in [-0.39, 0.29) is 12.2 Å². The molecule has 0 aromatic heterocycles. The molecule has 0 heterocycles. The van der Waals surface area contributed by atoms with E-state index in [9.17, 15) is 26.4 Å². The number of rotatable bonds is 7. The van der Waals surface area contributed by atoms with Gasteiger partial charge in [0.25, 0.3) is 0 Å². The third-order valence-electron chi connectivity index (χ3n) is 3.88. The highest BCUT2D eigenvalue weighted by Gasteiger charge is 2.34. The smallest absolute Gasteiger partial charge is 0.354 e. The zero-order valence-corrected chi connectivity index (χ0v) is 17.5. The Morgan fingerprint density at radius 2 is 1.72 bits per heavy atom. The van der Waals surface area contributed by atoms with Crippen LogP contribution in [0.3, 0.4) is 0 Å². The largest absolute Gasteiger partial charge is 0.417 e. The lowest BCUT2D eigenvalue weighted by Crippen LogP contribution is -2.41. The Morgan fingerprint density at radius 3 is 2.28 bits per heavy atom. The Labute approximate surface area is 176 Å². The lowest BCUT2D eigenvalue weighted by Gasteiger charge is -2.23. The number of hydrogen-bond donors (Lipinski definition) is 1. The first-order valence-corrected chi connectivity index (χ1v) is 10.8. The number of nitrogens with one attached hydrogen (secondary N) is 1. The predicted molar refractivity (Wildman–Crippen MR) is 107 cm³/mol. The molecule has 5 nitrogen and oxygen atoms in total. The summed E-state index contributed by atoms with van der Waals surface area (Å²) in [6, 6.07) is 9.61. The van der Waals surface area contributed by atoms with E-state index in [1.165, 1.54) is 0 Å². The van der Waals surface area contributed by atoms with E-state index in [0.29, 0.717) is 21.8 Å². The third-order valence-corrected chi connectivity index (χ3v) is 5.60. The molecule has 0 aliphatic heterocycles. The maximum absolute atomic E-state index is 13.1. The highest BCUT2D eigenvalue weighted by atomic mass is 35.5. The second-order valence-electron chi connectivity index (χ2n) is 6.16. The van der Waals surface area contributed by atoms with Gasteiger partial charge in [0.05, 0.1) is 22.5 Å². The minimum Gasteiger partial charge on any atom is -0.354 e. The maximum atomic E-state index is 13.1. The molecule has 0 saturated carbocycles. The normalized spacial score (nSPS) is 11.9. The number of nitrogens with zero attached hydrogens (tertiary/aromatic N) is 1. The van der Waals surface area contributed by atoms with Crippen molar-refractivity contribution in [2.24, 2.45) is 0 Å². The summed E-state index contributed by atoms with van der Waals surface area (Å²) in [5.74, 6) is -0.659. The van der Waals surface area contributed by atoms with Gasteiger partial charge in [-0.1, -0.05) is 35.3 Å². The van der Waals surface area contributed by atoms with E-state index in [0.717, 1.165) is 24.0 Å². The van der Waals surface area contributed by atoms with Gasteiger partial charge in [0.15, 0.2) is 0 Å². The van der Waals surface area contributed by atoms with Crippen molar-refractivity contribution in [2.45, 2.75) is 12.6 Å². The Morgan fingerprint density at radius 1 is 1.10 bits per heavy atom. The first-order chi connectivity index (χ1) is 13.4. The number of alkyl halides is 3. The molecule has 0 aliphatic rings. The number of hydrogen-bond acceptors (Lipinski definition) is 3. The molecule has 29 heavy (non-hydrogen) atoms. The van der Waals surface area contributed by atoms with Crippen molar-refractivity contribution in [3.05, 3.63) is 63.6 Å². The Hall–Kier alpha value is -1.97. The van der Waals surface area contributed by atoms with E-state index in [1.807, 2.05) is 0 Å². The third kappa shape index (κ3) is 6.80. The lowest BCUT2D eigenvalue weighted by atomic mass is 10.1. The van der Waals surface area contributed by atoms with Crippen molar-refractivity contribution in [3.63, 3.8) is 0 Å². The fourth-order valence-corrected chi connectivity index (χ4v) is 3.67. The summed E-state index contributed by atoms with van der Waals surface area (Å²) in [7, 11) is -4.02. The van der Waals surface area contributed by atoms with Gasteiger partial charge in [0.1, 0.15) is 6.54 Å². The standard InChI is InChI=1S/C18H17Cl2F3N2O3S/c1-29(27,28)25(14-6-7-16(20)15(10-14)18(21,22)23)11-17(26)24-9-8-12-2-4-13(19)5-3-12/h2-7,10H,8-9,11H2,1H3,(H,24,26). The van der Waals surface area contributed by atoms with Crippen LogP contribution in [0.25, 0.3) is 0 Å². The Balaban J connectivity index is 2.11. The van der Waals surface area contributed by atoms with Gasteiger partial charge in [-0.15, -0.1) is 0 Å². The van der Waals surface area contributed by atoms with E-state index in [4.69, 9.17) is 23.2 Å². The van der Waals surface area contributed by atoms with Crippen LogP contribution in [0.15, 0.2) is 42.5 Å². The summed E-state index contributed by atoms with van der Waals surface area (Å²) in [5, 5.41) is 2.55. The molecule has 0 atom stereocenters. The fourth-order valence-electron chi connectivity index (χ4n) is 2.47. The molecule has 0 unspecified atom stereocenters. The average molecular weight is 469 g/mol. The fraction of sp³-hybridized carbons (Fsp3) is 0.278. The highest BCUT2D eigenvalue weighted by molar-refractivity contribution is 7.92. The molecule has 0 fully saturated rings. The molecule has 11 heteroatoms. The number of carbonyl (C=O) groups is 1. The van der Waals surface area contributed by atoms with Gasteiger partial charge in [-0.25, -0.2) is 8.42 Å². The molecule has 2 aromatic carbocycles. The van der Waals surface area contributed by atoms with Crippen LogP contribution >= 0.6 is 23.2 Å². The minimum atomic E-state index is -4.77. The second kappa shape index (κ2) is 9.23. The molecule has 0 radical (unpaired) electrons. The van der Waals surface area contributed by atoms with E-state index < -0.39 is 39.2 Å². The molecule has 0 spiro atoms. The topological polar surface area (TPSA) is 66.5 Å². The van der Waals surface area contributed by atoms with E-state index in [1.54, 1.807) is 24.3 Å². The van der Waals surface area contributed by atoms with Gasteiger partial charge >= 0.3 is 6.18 Å². The van der Waals surface area contributed by atoms with Gasteiger partial charge in [-0.3, -0.25) is 9.10 Å². The van der Waals surface area contributed by atoms with Crippen LogP contribution in [0.2, 0.25) is 10.0 Å². The van der Waals surface area contributed by atoms with Crippen molar-refractivity contribution < 1.29 is 26.4 Å². The number of carbonyl (C=O) groups excluding carboxylic acids is 1. The van der Waals surface area contributed by atoms with Crippen LogP contribution in [0.4, 0.5) is 18.9 Å². The molecule has 0 aliphatic carbocycles. The quantitative estimate of drug-likeness (QED) is 0.663. The van der Waals surface area contributed by atoms with Gasteiger partial charge in [-0.2, -0.15) is 13.2 Å². The Bertz CT molecular complexity index is 981. The van der Waals surface area contributed by atoms with Gasteiger partial charge in [0.2, 0.25) is 15.9 Å². The van der Waals surface area contributed by atoms with Crippen molar-refractivity contribution in [1.29, 1.82) is 0 Å². The lowest BCUT2D eigenvalue weighted by molar-refractivity contribution is -0.137. The first-order valence-electron chi connectivity index (χ1n) is 8.23. The summed E-state index contributed by atoms with van der Waals surface area (Å²) in [4.78, 5) is 12.2. The molecular weight excluding hydrogens is 452 g/mol. The summed E-state index contributed by atoms with van der Waals surface area (Å²) >= 11 is 11.4. The van der Waals surface area contributed by atoms with Crippen LogP contribution < -0.4 is 9.62 Å². The number of benzene rings is 2. The maximum Gasteiger partial charge on any atom is 0.417 e. The van der Waals surface area contributed by atoms with Crippen LogP contribution in [-0.2, 0) is 27.4 Å². The molecule has 2 rings (SSSR count). The van der Waals surface area contributed by atoms with Gasteiger partial charge in [0, 0.05) is 11.6 Å². The van der Waals surface area contributed by atoms with Crippen molar-refractivity contribution >= 4 is 44.8 Å². The molecular formula is C18H17Cl2F3N2O3S. The minimum absolute atomic E-state index is 0.215. The second-order valence-corrected chi connectivity index (χ2v) is 8.91. The summed E-state index contributed by atoms with van der Waals surface area (Å²) in [6.45, 7) is -0.454. The van der Waals surface area contributed by atoms with E-state index in [2.05, 4.69) is 5.32 Å². The van der Waals surface area contributed by atoms with Crippen molar-refractivity contribution in [3.8, 4) is 0 Å². The van der Waals surface area contributed by atoms with Gasteiger partial charge < -0.3 is 5.32 Å². The zero-order chi connectivity index (χ0) is 21.8. The molecule has 1 amide bonds. The van der Waals surface area contributed by atoms with Crippen LogP contribution in [0.1, 0.15) is 11.1 Å². The average Bonchev–Trinajstić information content (AvgIpc) is 2.60. The number of amides is 1. The van der Waals surface area contributed by atoms with Gasteiger partial charge in [-0.05, 0) is 42.3 Å².